The van der Waals surface area contributed by atoms with Gasteiger partial charge in [-0.1, -0.05) is 30.3 Å². The van der Waals surface area contributed by atoms with E-state index in [0.717, 1.165) is 12.0 Å². The zero-order valence-electron chi connectivity index (χ0n) is 10.6. The molecular formula is C15H18O3. The molecule has 96 valence electrons. The molecule has 1 aliphatic rings. The van der Waals surface area contributed by atoms with Crippen molar-refractivity contribution in [1.82, 2.24) is 0 Å². The number of ketones is 2. The summed E-state index contributed by atoms with van der Waals surface area (Å²) in [4.78, 5) is 23.7. The van der Waals surface area contributed by atoms with Gasteiger partial charge in [0.2, 0.25) is 0 Å². The fraction of sp³-hybridized carbons (Fsp3) is 0.467. The van der Waals surface area contributed by atoms with E-state index in [1.807, 2.05) is 30.3 Å². The topological polar surface area (TPSA) is 43.4 Å². The lowest BCUT2D eigenvalue weighted by atomic mass is 9.81. The monoisotopic (exact) mass is 246 g/mol. The van der Waals surface area contributed by atoms with E-state index >= 15 is 0 Å². The molecule has 1 heterocycles. The van der Waals surface area contributed by atoms with Gasteiger partial charge < -0.3 is 4.74 Å². The predicted molar refractivity (Wildman–Crippen MR) is 68.5 cm³/mol. The third kappa shape index (κ3) is 3.05. The van der Waals surface area contributed by atoms with Crippen molar-refractivity contribution in [3.8, 4) is 0 Å². The third-order valence-electron chi connectivity index (χ3n) is 3.56. The molecule has 3 heteroatoms. The van der Waals surface area contributed by atoms with Crippen LogP contribution in [0.2, 0.25) is 0 Å². The van der Waals surface area contributed by atoms with Crippen LogP contribution in [0.4, 0.5) is 0 Å². The summed E-state index contributed by atoms with van der Waals surface area (Å²) < 4.78 is 5.33. The summed E-state index contributed by atoms with van der Waals surface area (Å²) in [6.45, 7) is 2.69. The zero-order valence-corrected chi connectivity index (χ0v) is 10.6. The molecule has 2 atom stereocenters. The van der Waals surface area contributed by atoms with Gasteiger partial charge in [-0.3, -0.25) is 9.59 Å². The van der Waals surface area contributed by atoms with Gasteiger partial charge >= 0.3 is 0 Å². The van der Waals surface area contributed by atoms with Gasteiger partial charge in [-0.15, -0.1) is 0 Å². The maximum Gasteiger partial charge on any atom is 0.163 e. The maximum atomic E-state index is 12.1. The Morgan fingerprint density at radius 3 is 2.67 bits per heavy atom. The number of hydrogen-bond acceptors (Lipinski definition) is 3. The lowest BCUT2D eigenvalue weighted by Crippen LogP contribution is -2.33. The Morgan fingerprint density at radius 1 is 1.28 bits per heavy atom. The molecule has 3 nitrogen and oxygen atoms in total. The minimum Gasteiger partial charge on any atom is -0.381 e. The van der Waals surface area contributed by atoms with Crippen LogP contribution in [0, 0.1) is 11.8 Å². The van der Waals surface area contributed by atoms with Crippen molar-refractivity contribution in [2.45, 2.75) is 19.8 Å². The largest absolute Gasteiger partial charge is 0.381 e. The van der Waals surface area contributed by atoms with Crippen LogP contribution in [0.25, 0.3) is 0 Å². The van der Waals surface area contributed by atoms with E-state index in [4.69, 9.17) is 4.74 Å². The number of ether oxygens (including phenoxy) is 1. The standard InChI is InChI=1S/C15H18O3/c1-11(16)14-10-18-8-7-13(14)9-15(17)12-5-3-2-4-6-12/h2-6,13-14H,7-10H2,1H3. The van der Waals surface area contributed by atoms with Gasteiger partial charge in [0.1, 0.15) is 5.78 Å². The fourth-order valence-corrected chi connectivity index (χ4v) is 2.46. The second-order valence-corrected chi connectivity index (χ2v) is 4.83. The molecule has 2 rings (SSSR count). The van der Waals surface area contributed by atoms with Crippen LogP contribution in [-0.4, -0.2) is 24.8 Å². The summed E-state index contributed by atoms with van der Waals surface area (Å²) >= 11 is 0. The Labute approximate surface area is 107 Å². The van der Waals surface area contributed by atoms with Gasteiger partial charge in [0.05, 0.1) is 6.61 Å². The number of carbonyl (C=O) groups is 2. The molecule has 0 bridgehead atoms. The summed E-state index contributed by atoms with van der Waals surface area (Å²) in [6, 6.07) is 9.26. The molecule has 0 saturated carbocycles. The molecular weight excluding hydrogens is 228 g/mol. The molecule has 1 aromatic carbocycles. The lowest BCUT2D eigenvalue weighted by molar-refractivity contribution is -0.127. The molecule has 18 heavy (non-hydrogen) atoms. The van der Waals surface area contributed by atoms with Crippen LogP contribution in [-0.2, 0) is 9.53 Å². The maximum absolute atomic E-state index is 12.1. The van der Waals surface area contributed by atoms with Crippen molar-refractivity contribution < 1.29 is 14.3 Å². The normalized spacial score (nSPS) is 23.6. The van der Waals surface area contributed by atoms with E-state index in [9.17, 15) is 9.59 Å². The number of rotatable bonds is 4. The number of Topliss-reactive ketones (excluding diaryl/α,β-unsaturated/α-hetero) is 2. The first-order chi connectivity index (χ1) is 8.68. The molecule has 1 fully saturated rings. The molecule has 0 N–H and O–H groups in total. The molecule has 0 aliphatic carbocycles. The highest BCUT2D eigenvalue weighted by Crippen LogP contribution is 2.27. The molecule has 1 saturated heterocycles. The van der Waals surface area contributed by atoms with Crippen LogP contribution < -0.4 is 0 Å². The molecule has 0 radical (unpaired) electrons. The Balaban J connectivity index is 2.03. The Hall–Kier alpha value is -1.48. The highest BCUT2D eigenvalue weighted by atomic mass is 16.5. The predicted octanol–water partition coefficient (Wildman–Crippen LogP) is 2.50. The Morgan fingerprint density at radius 2 is 2.00 bits per heavy atom. The van der Waals surface area contributed by atoms with Gasteiger partial charge in [0, 0.05) is 24.5 Å². The first-order valence-electron chi connectivity index (χ1n) is 6.35. The quantitative estimate of drug-likeness (QED) is 0.767. The molecule has 0 amide bonds. The minimum atomic E-state index is -0.119. The minimum absolute atomic E-state index is 0.119. The molecule has 2 unspecified atom stereocenters. The van der Waals surface area contributed by atoms with Gasteiger partial charge in [-0.25, -0.2) is 0 Å². The van der Waals surface area contributed by atoms with Crippen LogP contribution in [0.15, 0.2) is 30.3 Å². The highest BCUT2D eigenvalue weighted by Gasteiger charge is 2.30. The smallest absolute Gasteiger partial charge is 0.163 e. The van der Waals surface area contributed by atoms with Crippen molar-refractivity contribution in [3.05, 3.63) is 35.9 Å². The fourth-order valence-electron chi connectivity index (χ4n) is 2.46. The second-order valence-electron chi connectivity index (χ2n) is 4.83. The summed E-state index contributed by atoms with van der Waals surface area (Å²) in [7, 11) is 0. The Bertz CT molecular complexity index is 425. The van der Waals surface area contributed by atoms with Gasteiger partial charge in [-0.2, -0.15) is 0 Å². The molecule has 0 aromatic heterocycles. The summed E-state index contributed by atoms with van der Waals surface area (Å²) in [5.41, 5.74) is 0.728. The first kappa shape index (κ1) is 13.0. The molecule has 0 spiro atoms. The van der Waals surface area contributed by atoms with Crippen molar-refractivity contribution in [2.24, 2.45) is 11.8 Å². The van der Waals surface area contributed by atoms with Crippen molar-refractivity contribution in [1.29, 1.82) is 0 Å². The SMILES string of the molecule is CC(=O)C1COCCC1CC(=O)c1ccccc1. The second kappa shape index (κ2) is 5.91. The zero-order chi connectivity index (χ0) is 13.0. The molecule has 1 aliphatic heterocycles. The summed E-state index contributed by atoms with van der Waals surface area (Å²) in [5, 5.41) is 0. The summed E-state index contributed by atoms with van der Waals surface area (Å²) in [5.74, 6) is 0.254. The highest BCUT2D eigenvalue weighted by molar-refractivity contribution is 5.96. The van der Waals surface area contributed by atoms with Crippen LogP contribution in [0.5, 0.6) is 0 Å². The van der Waals surface area contributed by atoms with Crippen molar-refractivity contribution >= 4 is 11.6 Å². The van der Waals surface area contributed by atoms with Crippen LogP contribution >= 0.6 is 0 Å². The van der Waals surface area contributed by atoms with E-state index < -0.39 is 0 Å². The average molecular weight is 246 g/mol. The van der Waals surface area contributed by atoms with E-state index in [0.29, 0.717) is 19.6 Å². The first-order valence-corrected chi connectivity index (χ1v) is 6.35. The summed E-state index contributed by atoms with van der Waals surface area (Å²) in [6.07, 6.45) is 1.24. The van der Waals surface area contributed by atoms with Crippen molar-refractivity contribution in [2.75, 3.05) is 13.2 Å². The van der Waals surface area contributed by atoms with Gasteiger partial charge in [-0.05, 0) is 19.3 Å². The number of benzene rings is 1. The van der Waals surface area contributed by atoms with Gasteiger partial charge in [0.25, 0.3) is 0 Å². The van der Waals surface area contributed by atoms with E-state index in [1.54, 1.807) is 6.92 Å². The van der Waals surface area contributed by atoms with Crippen molar-refractivity contribution in [3.63, 3.8) is 0 Å². The van der Waals surface area contributed by atoms with E-state index in [-0.39, 0.29) is 23.4 Å². The van der Waals surface area contributed by atoms with Crippen LogP contribution in [0.3, 0.4) is 0 Å². The third-order valence-corrected chi connectivity index (χ3v) is 3.56. The molecule has 1 aromatic rings. The van der Waals surface area contributed by atoms with E-state index in [2.05, 4.69) is 0 Å². The van der Waals surface area contributed by atoms with Gasteiger partial charge in [0.15, 0.2) is 5.78 Å². The Kier molecular flexibility index (Phi) is 4.26. The van der Waals surface area contributed by atoms with Crippen LogP contribution in [0.1, 0.15) is 30.1 Å². The lowest BCUT2D eigenvalue weighted by Gasteiger charge is -2.29. The number of carbonyl (C=O) groups excluding carboxylic acids is 2. The average Bonchev–Trinajstić information content (AvgIpc) is 2.40. The number of hydrogen-bond donors (Lipinski definition) is 0. The van der Waals surface area contributed by atoms with E-state index in [1.165, 1.54) is 0 Å².